The maximum Gasteiger partial charge on any atom is 0.356 e. The number of nitrogens with one attached hydrogen (secondary N) is 2. The summed E-state index contributed by atoms with van der Waals surface area (Å²) >= 11 is 0. The van der Waals surface area contributed by atoms with E-state index in [9.17, 15) is 9.59 Å². The Morgan fingerprint density at radius 2 is 1.96 bits per heavy atom. The zero-order chi connectivity index (χ0) is 17.8. The minimum Gasteiger partial charge on any atom is -0.497 e. The van der Waals surface area contributed by atoms with Gasteiger partial charge in [-0.05, 0) is 38.1 Å². The van der Waals surface area contributed by atoms with Gasteiger partial charge in [-0.3, -0.25) is 9.69 Å². The fourth-order valence-electron chi connectivity index (χ4n) is 3.19. The first-order valence-electron chi connectivity index (χ1n) is 8.42. The topological polar surface area (TPSA) is 83.7 Å². The van der Waals surface area contributed by atoms with E-state index < -0.39 is 5.97 Å². The standard InChI is InChI=1S/C18H23N3O4/c1-24-12-6-7-13-14(10-12)19-17(18(23)25-2)16(13)20-15(22)11-21-8-4-3-5-9-21/h6-7,10,19H,3-5,8-9,11H2,1-2H3,(H,20,22). The van der Waals surface area contributed by atoms with Gasteiger partial charge < -0.3 is 19.8 Å². The number of fused-ring (bicyclic) bond motifs is 1. The summed E-state index contributed by atoms with van der Waals surface area (Å²) < 4.78 is 10.0. The number of likely N-dealkylation sites (tertiary alicyclic amines) is 1. The number of rotatable bonds is 5. The van der Waals surface area contributed by atoms with E-state index in [0.717, 1.165) is 31.3 Å². The Labute approximate surface area is 146 Å². The molecule has 1 aromatic heterocycles. The monoisotopic (exact) mass is 345 g/mol. The molecule has 2 N–H and O–H groups in total. The molecule has 7 nitrogen and oxygen atoms in total. The minimum atomic E-state index is -0.525. The summed E-state index contributed by atoms with van der Waals surface area (Å²) in [4.78, 5) is 29.7. The average molecular weight is 345 g/mol. The lowest BCUT2D eigenvalue weighted by Gasteiger charge is -2.25. The molecular formula is C18H23N3O4. The molecule has 1 aliphatic heterocycles. The number of aromatic amines is 1. The molecule has 0 spiro atoms. The Morgan fingerprint density at radius 1 is 1.20 bits per heavy atom. The van der Waals surface area contributed by atoms with Gasteiger partial charge in [-0.2, -0.15) is 0 Å². The van der Waals surface area contributed by atoms with Crippen LogP contribution >= 0.6 is 0 Å². The molecule has 0 saturated carbocycles. The van der Waals surface area contributed by atoms with E-state index in [-0.39, 0.29) is 11.6 Å². The van der Waals surface area contributed by atoms with Crippen LogP contribution in [0.5, 0.6) is 5.75 Å². The molecule has 3 rings (SSSR count). The number of carbonyl (C=O) groups excluding carboxylic acids is 2. The van der Waals surface area contributed by atoms with E-state index in [4.69, 9.17) is 9.47 Å². The Morgan fingerprint density at radius 3 is 2.64 bits per heavy atom. The summed E-state index contributed by atoms with van der Waals surface area (Å²) in [5.41, 5.74) is 1.39. The van der Waals surface area contributed by atoms with Crippen molar-refractivity contribution in [3.63, 3.8) is 0 Å². The Bertz CT molecular complexity index is 778. The van der Waals surface area contributed by atoms with Crippen LogP contribution in [-0.4, -0.2) is 55.6 Å². The van der Waals surface area contributed by atoms with Crippen LogP contribution in [-0.2, 0) is 9.53 Å². The number of amides is 1. The smallest absolute Gasteiger partial charge is 0.356 e. The van der Waals surface area contributed by atoms with Crippen molar-refractivity contribution >= 4 is 28.5 Å². The normalized spacial score (nSPS) is 15.1. The Hall–Kier alpha value is -2.54. The third-order valence-electron chi connectivity index (χ3n) is 4.48. The third-order valence-corrected chi connectivity index (χ3v) is 4.48. The first kappa shape index (κ1) is 17.3. The number of nitrogens with zero attached hydrogens (tertiary/aromatic N) is 1. The number of methoxy groups -OCH3 is 2. The Balaban J connectivity index is 1.87. The molecule has 1 aromatic carbocycles. The largest absolute Gasteiger partial charge is 0.497 e. The second-order valence-corrected chi connectivity index (χ2v) is 6.16. The van der Waals surface area contributed by atoms with Gasteiger partial charge in [0.2, 0.25) is 5.91 Å². The number of aromatic nitrogens is 1. The molecule has 2 aromatic rings. The number of hydrogen-bond acceptors (Lipinski definition) is 5. The van der Waals surface area contributed by atoms with Crippen molar-refractivity contribution in [3.8, 4) is 5.75 Å². The molecule has 7 heteroatoms. The molecule has 1 amide bonds. The molecule has 1 saturated heterocycles. The summed E-state index contributed by atoms with van der Waals surface area (Å²) in [6.45, 7) is 2.19. The van der Waals surface area contributed by atoms with Crippen LogP contribution in [0.3, 0.4) is 0 Å². The zero-order valence-corrected chi connectivity index (χ0v) is 14.6. The van der Waals surface area contributed by atoms with Crippen molar-refractivity contribution in [2.75, 3.05) is 39.2 Å². The molecule has 0 atom stereocenters. The van der Waals surface area contributed by atoms with E-state index in [1.807, 2.05) is 6.07 Å². The highest BCUT2D eigenvalue weighted by Gasteiger charge is 2.22. The fourth-order valence-corrected chi connectivity index (χ4v) is 3.19. The lowest BCUT2D eigenvalue weighted by atomic mass is 10.1. The van der Waals surface area contributed by atoms with E-state index in [1.165, 1.54) is 13.5 Å². The molecule has 134 valence electrons. The van der Waals surface area contributed by atoms with Crippen molar-refractivity contribution < 1.29 is 19.1 Å². The summed E-state index contributed by atoms with van der Waals surface area (Å²) in [5.74, 6) is 0.00331. The highest BCUT2D eigenvalue weighted by Crippen LogP contribution is 2.31. The van der Waals surface area contributed by atoms with E-state index in [1.54, 1.807) is 19.2 Å². The third kappa shape index (κ3) is 3.76. The van der Waals surface area contributed by atoms with Crippen LogP contribution in [0.2, 0.25) is 0 Å². The van der Waals surface area contributed by atoms with Crippen molar-refractivity contribution in [3.05, 3.63) is 23.9 Å². The van der Waals surface area contributed by atoms with E-state index >= 15 is 0 Å². The molecular weight excluding hydrogens is 322 g/mol. The lowest BCUT2D eigenvalue weighted by Crippen LogP contribution is -2.37. The molecule has 0 bridgehead atoms. The summed E-state index contributed by atoms with van der Waals surface area (Å²) in [7, 11) is 2.89. The molecule has 2 heterocycles. The van der Waals surface area contributed by atoms with Crippen LogP contribution in [0.4, 0.5) is 5.69 Å². The van der Waals surface area contributed by atoms with Gasteiger partial charge in [0.05, 0.1) is 32.0 Å². The van der Waals surface area contributed by atoms with Crippen molar-refractivity contribution in [1.82, 2.24) is 9.88 Å². The molecule has 0 aliphatic carbocycles. The van der Waals surface area contributed by atoms with Gasteiger partial charge in [0.15, 0.2) is 0 Å². The highest BCUT2D eigenvalue weighted by atomic mass is 16.5. The van der Waals surface area contributed by atoms with Crippen LogP contribution in [0.25, 0.3) is 10.9 Å². The number of hydrogen-bond donors (Lipinski definition) is 2. The fraction of sp³-hybridized carbons (Fsp3) is 0.444. The lowest BCUT2D eigenvalue weighted by molar-refractivity contribution is -0.117. The van der Waals surface area contributed by atoms with Crippen LogP contribution < -0.4 is 10.1 Å². The van der Waals surface area contributed by atoms with Crippen molar-refractivity contribution in [2.24, 2.45) is 0 Å². The molecule has 0 unspecified atom stereocenters. The van der Waals surface area contributed by atoms with Gasteiger partial charge in [-0.15, -0.1) is 0 Å². The van der Waals surface area contributed by atoms with Gasteiger partial charge in [0.1, 0.15) is 11.4 Å². The summed E-state index contributed by atoms with van der Waals surface area (Å²) in [6.07, 6.45) is 3.45. The summed E-state index contributed by atoms with van der Waals surface area (Å²) in [6, 6.07) is 5.38. The average Bonchev–Trinajstić information content (AvgIpc) is 2.99. The number of benzene rings is 1. The van der Waals surface area contributed by atoms with Gasteiger partial charge in [-0.25, -0.2) is 4.79 Å². The predicted molar refractivity (Wildman–Crippen MR) is 95.1 cm³/mol. The van der Waals surface area contributed by atoms with E-state index in [0.29, 0.717) is 23.5 Å². The van der Waals surface area contributed by atoms with Gasteiger partial charge in [-0.1, -0.05) is 6.42 Å². The number of ether oxygens (including phenoxy) is 2. The molecule has 1 fully saturated rings. The van der Waals surface area contributed by atoms with Gasteiger partial charge in [0.25, 0.3) is 0 Å². The SMILES string of the molecule is COC(=O)c1[nH]c2cc(OC)ccc2c1NC(=O)CN1CCCCC1. The molecule has 0 radical (unpaired) electrons. The number of piperidine rings is 1. The summed E-state index contributed by atoms with van der Waals surface area (Å²) in [5, 5.41) is 3.62. The van der Waals surface area contributed by atoms with Gasteiger partial charge >= 0.3 is 5.97 Å². The Kier molecular flexibility index (Phi) is 5.23. The molecule has 1 aliphatic rings. The van der Waals surface area contributed by atoms with E-state index in [2.05, 4.69) is 15.2 Å². The number of H-pyrrole nitrogens is 1. The second-order valence-electron chi connectivity index (χ2n) is 6.16. The van der Waals surface area contributed by atoms with Crippen LogP contribution in [0.1, 0.15) is 29.8 Å². The van der Waals surface area contributed by atoms with Crippen LogP contribution in [0.15, 0.2) is 18.2 Å². The number of anilines is 1. The minimum absolute atomic E-state index is 0.135. The van der Waals surface area contributed by atoms with Gasteiger partial charge in [0, 0.05) is 11.5 Å². The maximum atomic E-state index is 12.5. The first-order chi connectivity index (χ1) is 12.1. The molecule has 25 heavy (non-hydrogen) atoms. The highest BCUT2D eigenvalue weighted by molar-refractivity contribution is 6.11. The number of esters is 1. The zero-order valence-electron chi connectivity index (χ0n) is 14.6. The number of carbonyl (C=O) groups is 2. The maximum absolute atomic E-state index is 12.5. The van der Waals surface area contributed by atoms with Crippen LogP contribution in [0, 0.1) is 0 Å². The second kappa shape index (κ2) is 7.57. The predicted octanol–water partition coefficient (Wildman–Crippen LogP) is 2.39. The quantitative estimate of drug-likeness (QED) is 0.813. The first-order valence-corrected chi connectivity index (χ1v) is 8.42. The van der Waals surface area contributed by atoms with Crippen molar-refractivity contribution in [1.29, 1.82) is 0 Å². The van der Waals surface area contributed by atoms with Crippen molar-refractivity contribution in [2.45, 2.75) is 19.3 Å².